The number of piperazine rings is 1. The van der Waals surface area contributed by atoms with E-state index in [0.29, 0.717) is 6.04 Å². The Labute approximate surface area is 85.5 Å². The van der Waals surface area contributed by atoms with Crippen molar-refractivity contribution in [2.75, 3.05) is 26.2 Å². The molecule has 0 saturated carbocycles. The van der Waals surface area contributed by atoms with Gasteiger partial charge in [-0.1, -0.05) is 0 Å². The zero-order valence-electron chi connectivity index (χ0n) is 9.23. The lowest BCUT2D eigenvalue weighted by Gasteiger charge is -2.38. The van der Waals surface area contributed by atoms with E-state index >= 15 is 0 Å². The van der Waals surface area contributed by atoms with E-state index in [2.05, 4.69) is 18.7 Å². The Morgan fingerprint density at radius 2 is 1.50 bits per heavy atom. The van der Waals surface area contributed by atoms with Crippen LogP contribution in [0.1, 0.15) is 20.8 Å². The van der Waals surface area contributed by atoms with Crippen molar-refractivity contribution in [2.24, 2.45) is 0 Å². The van der Waals surface area contributed by atoms with Crippen molar-refractivity contribution in [3.05, 3.63) is 0 Å². The second-order valence-corrected chi connectivity index (χ2v) is 4.18. The minimum Gasteiger partial charge on any atom is -0.480 e. The number of carboxylic acids is 1. The molecule has 1 N–H and O–H groups in total. The van der Waals surface area contributed by atoms with Crippen LogP contribution in [-0.4, -0.2) is 59.1 Å². The van der Waals surface area contributed by atoms with Crippen LogP contribution in [0.2, 0.25) is 0 Å². The predicted molar refractivity (Wildman–Crippen MR) is 55.4 cm³/mol. The van der Waals surface area contributed by atoms with Gasteiger partial charge in [-0.15, -0.1) is 0 Å². The van der Waals surface area contributed by atoms with Crippen molar-refractivity contribution in [1.82, 2.24) is 9.80 Å². The van der Waals surface area contributed by atoms with Gasteiger partial charge in [-0.05, 0) is 20.8 Å². The monoisotopic (exact) mass is 200 g/mol. The summed E-state index contributed by atoms with van der Waals surface area (Å²) in [6.45, 7) is 9.81. The Morgan fingerprint density at radius 3 is 1.86 bits per heavy atom. The second kappa shape index (κ2) is 4.75. The molecule has 0 spiro atoms. The van der Waals surface area contributed by atoms with Crippen LogP contribution in [0.5, 0.6) is 0 Å². The number of aliphatic carboxylic acids is 1. The van der Waals surface area contributed by atoms with E-state index < -0.39 is 5.97 Å². The highest BCUT2D eigenvalue weighted by Gasteiger charge is 2.25. The van der Waals surface area contributed by atoms with E-state index in [1.807, 2.05) is 4.90 Å². The molecule has 0 aromatic carbocycles. The van der Waals surface area contributed by atoms with E-state index in [4.69, 9.17) is 5.11 Å². The molecule has 0 bridgehead atoms. The summed E-state index contributed by atoms with van der Waals surface area (Å²) in [5, 5.41) is 8.85. The molecule has 4 nitrogen and oxygen atoms in total. The normalized spacial score (nSPS) is 22.6. The molecule has 1 aliphatic rings. The maximum Gasteiger partial charge on any atom is 0.320 e. The summed E-state index contributed by atoms with van der Waals surface area (Å²) < 4.78 is 0. The smallest absolute Gasteiger partial charge is 0.320 e. The first-order chi connectivity index (χ1) is 6.52. The Morgan fingerprint density at radius 1 is 1.07 bits per heavy atom. The van der Waals surface area contributed by atoms with Crippen molar-refractivity contribution in [3.63, 3.8) is 0 Å². The number of nitrogens with zero attached hydrogens (tertiary/aromatic N) is 2. The fraction of sp³-hybridized carbons (Fsp3) is 0.900. The molecule has 0 amide bonds. The zero-order valence-corrected chi connectivity index (χ0v) is 9.23. The average Bonchev–Trinajstić information content (AvgIpc) is 2.16. The lowest BCUT2D eigenvalue weighted by Crippen LogP contribution is -2.53. The summed E-state index contributed by atoms with van der Waals surface area (Å²) in [7, 11) is 0. The maximum atomic E-state index is 10.8. The fourth-order valence-electron chi connectivity index (χ4n) is 1.80. The Hall–Kier alpha value is -0.610. The van der Waals surface area contributed by atoms with Gasteiger partial charge in [-0.25, -0.2) is 0 Å². The van der Waals surface area contributed by atoms with Gasteiger partial charge < -0.3 is 5.11 Å². The highest BCUT2D eigenvalue weighted by molar-refractivity contribution is 5.72. The van der Waals surface area contributed by atoms with E-state index in [-0.39, 0.29) is 6.04 Å². The van der Waals surface area contributed by atoms with Crippen molar-refractivity contribution < 1.29 is 9.90 Å². The van der Waals surface area contributed by atoms with Gasteiger partial charge in [0, 0.05) is 32.2 Å². The van der Waals surface area contributed by atoms with Crippen LogP contribution in [0.25, 0.3) is 0 Å². The van der Waals surface area contributed by atoms with Crippen LogP contribution in [0.15, 0.2) is 0 Å². The number of hydrogen-bond acceptors (Lipinski definition) is 3. The van der Waals surface area contributed by atoms with Gasteiger partial charge >= 0.3 is 5.97 Å². The number of hydrogen-bond donors (Lipinski definition) is 1. The summed E-state index contributed by atoms with van der Waals surface area (Å²) in [5.74, 6) is -0.719. The topological polar surface area (TPSA) is 43.8 Å². The molecule has 1 unspecified atom stereocenters. The average molecular weight is 200 g/mol. The molecule has 1 rings (SSSR count). The minimum atomic E-state index is -0.719. The molecular weight excluding hydrogens is 180 g/mol. The van der Waals surface area contributed by atoms with Gasteiger partial charge in [0.15, 0.2) is 0 Å². The third kappa shape index (κ3) is 2.69. The van der Waals surface area contributed by atoms with Crippen LogP contribution in [0.4, 0.5) is 0 Å². The number of carbonyl (C=O) groups is 1. The molecule has 1 atom stereocenters. The van der Waals surface area contributed by atoms with E-state index in [0.717, 1.165) is 26.2 Å². The van der Waals surface area contributed by atoms with Gasteiger partial charge in [0.2, 0.25) is 0 Å². The van der Waals surface area contributed by atoms with Crippen LogP contribution >= 0.6 is 0 Å². The van der Waals surface area contributed by atoms with Gasteiger partial charge in [0.25, 0.3) is 0 Å². The Kier molecular flexibility index (Phi) is 3.89. The van der Waals surface area contributed by atoms with Crippen LogP contribution in [0.3, 0.4) is 0 Å². The molecule has 0 aliphatic carbocycles. The van der Waals surface area contributed by atoms with E-state index in [1.54, 1.807) is 6.92 Å². The predicted octanol–water partition coefficient (Wildman–Crippen LogP) is 0.485. The van der Waals surface area contributed by atoms with Crippen LogP contribution in [-0.2, 0) is 4.79 Å². The number of rotatable bonds is 3. The van der Waals surface area contributed by atoms with Gasteiger partial charge in [0.05, 0.1) is 0 Å². The molecular formula is C10H20N2O2. The highest BCUT2D eigenvalue weighted by atomic mass is 16.4. The quantitative estimate of drug-likeness (QED) is 0.720. The molecule has 0 aromatic rings. The fourth-order valence-corrected chi connectivity index (χ4v) is 1.80. The molecule has 0 radical (unpaired) electrons. The lowest BCUT2D eigenvalue weighted by molar-refractivity contribution is -0.143. The first-order valence-electron chi connectivity index (χ1n) is 5.23. The van der Waals surface area contributed by atoms with Gasteiger partial charge in [-0.2, -0.15) is 0 Å². The summed E-state index contributed by atoms with van der Waals surface area (Å²) in [4.78, 5) is 15.2. The first-order valence-corrected chi connectivity index (χ1v) is 5.23. The minimum absolute atomic E-state index is 0.343. The molecule has 14 heavy (non-hydrogen) atoms. The molecule has 1 fully saturated rings. The zero-order chi connectivity index (χ0) is 10.7. The first kappa shape index (κ1) is 11.5. The maximum absolute atomic E-state index is 10.8. The summed E-state index contributed by atoms with van der Waals surface area (Å²) in [6.07, 6.45) is 0. The van der Waals surface area contributed by atoms with Crippen molar-refractivity contribution >= 4 is 5.97 Å². The lowest BCUT2D eigenvalue weighted by atomic mass is 10.2. The second-order valence-electron chi connectivity index (χ2n) is 4.18. The third-order valence-corrected chi connectivity index (χ3v) is 2.98. The summed E-state index contributed by atoms with van der Waals surface area (Å²) in [5.41, 5.74) is 0. The largest absolute Gasteiger partial charge is 0.480 e. The SMILES string of the molecule is CC(C)N1CCN(C(C)C(=O)O)CC1. The van der Waals surface area contributed by atoms with Crippen LogP contribution < -0.4 is 0 Å². The van der Waals surface area contributed by atoms with Crippen LogP contribution in [0, 0.1) is 0 Å². The highest BCUT2D eigenvalue weighted by Crippen LogP contribution is 2.08. The van der Waals surface area contributed by atoms with Crippen molar-refractivity contribution in [3.8, 4) is 0 Å². The van der Waals surface area contributed by atoms with Gasteiger partial charge in [0.1, 0.15) is 6.04 Å². The molecule has 82 valence electrons. The van der Waals surface area contributed by atoms with E-state index in [9.17, 15) is 4.79 Å². The van der Waals surface area contributed by atoms with Crippen molar-refractivity contribution in [2.45, 2.75) is 32.9 Å². The summed E-state index contributed by atoms with van der Waals surface area (Å²) in [6, 6.07) is 0.224. The molecule has 1 aliphatic heterocycles. The molecule has 0 aromatic heterocycles. The molecule has 1 heterocycles. The Bertz CT molecular complexity index is 198. The third-order valence-electron chi connectivity index (χ3n) is 2.98. The summed E-state index contributed by atoms with van der Waals surface area (Å²) >= 11 is 0. The standard InChI is InChI=1S/C10H20N2O2/c1-8(2)11-4-6-12(7-5-11)9(3)10(13)14/h8-9H,4-7H2,1-3H3,(H,13,14). The van der Waals surface area contributed by atoms with E-state index in [1.165, 1.54) is 0 Å². The molecule has 1 saturated heterocycles. The van der Waals surface area contributed by atoms with Crippen molar-refractivity contribution in [1.29, 1.82) is 0 Å². The Balaban J connectivity index is 2.39. The van der Waals surface area contributed by atoms with Gasteiger partial charge in [-0.3, -0.25) is 14.6 Å². The molecule has 4 heteroatoms. The number of carboxylic acid groups (broad SMARTS) is 1.